The summed E-state index contributed by atoms with van der Waals surface area (Å²) in [5.41, 5.74) is 1.96. The first-order valence-electron chi connectivity index (χ1n) is 15.9. The van der Waals surface area contributed by atoms with Crippen molar-refractivity contribution in [1.82, 2.24) is 24.3 Å². The number of ether oxygens (including phenoxy) is 2. The van der Waals surface area contributed by atoms with E-state index >= 15 is 0 Å². The number of hydrogen-bond donors (Lipinski definition) is 0. The Bertz CT molecular complexity index is 1560. The molecule has 0 spiro atoms. The zero-order valence-corrected chi connectivity index (χ0v) is 26.9. The van der Waals surface area contributed by atoms with E-state index in [1.807, 2.05) is 31.4 Å². The Morgan fingerprint density at radius 1 is 0.889 bits per heavy atom. The highest BCUT2D eigenvalue weighted by Crippen LogP contribution is 2.31. The van der Waals surface area contributed by atoms with Crippen molar-refractivity contribution >= 4 is 34.8 Å². The molecule has 45 heavy (non-hydrogen) atoms. The van der Waals surface area contributed by atoms with E-state index in [1.54, 1.807) is 40.1 Å². The molecule has 2 aromatic carbocycles. The number of nitrogens with zero attached hydrogens (tertiary/aromatic N) is 5. The molecule has 4 amide bonds. The lowest BCUT2D eigenvalue weighted by Crippen LogP contribution is -2.51. The van der Waals surface area contributed by atoms with E-state index in [0.29, 0.717) is 73.1 Å². The van der Waals surface area contributed by atoms with Gasteiger partial charge in [0.25, 0.3) is 17.7 Å². The van der Waals surface area contributed by atoms with Gasteiger partial charge in [0.2, 0.25) is 0 Å². The third-order valence-electron chi connectivity index (χ3n) is 8.01. The van der Waals surface area contributed by atoms with Crippen LogP contribution in [0.25, 0.3) is 11.0 Å². The van der Waals surface area contributed by atoms with Gasteiger partial charge in [0.15, 0.2) is 0 Å². The maximum atomic E-state index is 13.9. The van der Waals surface area contributed by atoms with Crippen LogP contribution < -0.4 is 4.74 Å². The number of rotatable bonds is 10. The van der Waals surface area contributed by atoms with Gasteiger partial charge < -0.3 is 23.8 Å². The Hall–Kier alpha value is -4.41. The second-order valence-corrected chi connectivity index (χ2v) is 12.6. The minimum atomic E-state index is -0.594. The zero-order valence-electron chi connectivity index (χ0n) is 26.9. The molecular weight excluding hydrogens is 574 g/mol. The van der Waals surface area contributed by atoms with Crippen molar-refractivity contribution in [2.45, 2.75) is 79.0 Å². The first kappa shape index (κ1) is 32.0. The van der Waals surface area contributed by atoms with Crippen LogP contribution >= 0.6 is 0 Å². The fourth-order valence-corrected chi connectivity index (χ4v) is 5.73. The lowest BCUT2D eigenvalue weighted by atomic mass is 10.1. The Morgan fingerprint density at radius 2 is 1.53 bits per heavy atom. The molecule has 0 aliphatic carbocycles. The third kappa shape index (κ3) is 6.82. The number of imidazole rings is 1. The number of unbranched alkanes of at least 4 members (excludes halogenated alkanes) is 2. The van der Waals surface area contributed by atoms with Gasteiger partial charge in [0, 0.05) is 38.8 Å². The number of benzene rings is 2. The number of aromatic nitrogens is 2. The standard InChI is InChI=1S/C34H43N5O6/c1-6-8-11-19-44-28-21-27-26(20-25(28)30(40)36-15-17-37(18-16-36)33(43)45-34(3,4)5)35-29(38(27)14-7-2)22-39-31(41)23-12-9-10-13-24(23)32(39)42/h9-10,12-13,20-21H,6-8,11,14-19,22H2,1-5H3. The van der Waals surface area contributed by atoms with Gasteiger partial charge in [-0.25, -0.2) is 9.78 Å². The van der Waals surface area contributed by atoms with Gasteiger partial charge >= 0.3 is 6.09 Å². The third-order valence-corrected chi connectivity index (χ3v) is 8.01. The largest absolute Gasteiger partial charge is 0.493 e. The van der Waals surface area contributed by atoms with Crippen molar-refractivity contribution in [1.29, 1.82) is 0 Å². The smallest absolute Gasteiger partial charge is 0.410 e. The minimum absolute atomic E-state index is 0.0175. The molecule has 1 saturated heterocycles. The van der Waals surface area contributed by atoms with Crippen LogP contribution in [-0.2, 0) is 17.8 Å². The Morgan fingerprint density at radius 3 is 2.13 bits per heavy atom. The number of imide groups is 1. The van der Waals surface area contributed by atoms with E-state index in [0.717, 1.165) is 31.2 Å². The number of fused-ring (bicyclic) bond motifs is 2. The molecule has 240 valence electrons. The molecule has 0 atom stereocenters. The summed E-state index contributed by atoms with van der Waals surface area (Å²) < 4.78 is 13.7. The Labute approximate surface area is 264 Å². The normalized spacial score (nSPS) is 15.2. The molecule has 1 aromatic heterocycles. The lowest BCUT2D eigenvalue weighted by Gasteiger charge is -2.35. The molecule has 11 nitrogen and oxygen atoms in total. The van der Waals surface area contributed by atoms with E-state index in [9.17, 15) is 19.2 Å². The number of carbonyl (C=O) groups is 4. The SMILES string of the molecule is CCCCCOc1cc2c(cc1C(=O)N1CCN(C(=O)OC(C)(C)C)CC1)nc(CN1C(=O)c3ccccc3C1=O)n2CCC. The Kier molecular flexibility index (Phi) is 9.45. The van der Waals surface area contributed by atoms with Crippen molar-refractivity contribution in [3.8, 4) is 5.75 Å². The van der Waals surface area contributed by atoms with E-state index in [4.69, 9.17) is 14.5 Å². The monoisotopic (exact) mass is 617 g/mol. The molecule has 1 fully saturated rings. The summed E-state index contributed by atoms with van der Waals surface area (Å²) in [4.78, 5) is 62.2. The summed E-state index contributed by atoms with van der Waals surface area (Å²) in [6.45, 7) is 12.2. The molecule has 2 aliphatic rings. The van der Waals surface area contributed by atoms with Gasteiger partial charge in [0.05, 0.1) is 40.9 Å². The quantitative estimate of drug-likeness (QED) is 0.218. The molecule has 3 aromatic rings. The molecule has 0 saturated carbocycles. The van der Waals surface area contributed by atoms with Gasteiger partial charge in [0.1, 0.15) is 17.2 Å². The molecular formula is C34H43N5O6. The molecule has 0 bridgehead atoms. The van der Waals surface area contributed by atoms with Gasteiger partial charge in [-0.1, -0.05) is 38.8 Å². The average Bonchev–Trinajstić information content (AvgIpc) is 3.47. The van der Waals surface area contributed by atoms with Crippen LogP contribution in [0, 0.1) is 0 Å². The molecule has 0 radical (unpaired) electrons. The van der Waals surface area contributed by atoms with E-state index in [2.05, 4.69) is 13.8 Å². The van der Waals surface area contributed by atoms with Crippen LogP contribution in [0.1, 0.15) is 97.2 Å². The second-order valence-electron chi connectivity index (χ2n) is 12.6. The second kappa shape index (κ2) is 13.3. The summed E-state index contributed by atoms with van der Waals surface area (Å²) in [6.07, 6.45) is 3.32. The van der Waals surface area contributed by atoms with Crippen LogP contribution in [0.2, 0.25) is 0 Å². The first-order chi connectivity index (χ1) is 21.5. The summed E-state index contributed by atoms with van der Waals surface area (Å²) in [7, 11) is 0. The number of carbonyl (C=O) groups excluding carboxylic acids is 4. The van der Waals surface area contributed by atoms with Crippen molar-refractivity contribution in [2.24, 2.45) is 0 Å². The van der Waals surface area contributed by atoms with Gasteiger partial charge in [-0.15, -0.1) is 0 Å². The van der Waals surface area contributed by atoms with Gasteiger partial charge in [-0.2, -0.15) is 0 Å². The minimum Gasteiger partial charge on any atom is -0.493 e. The number of piperazine rings is 1. The van der Waals surface area contributed by atoms with Gasteiger partial charge in [-0.3, -0.25) is 19.3 Å². The first-order valence-corrected chi connectivity index (χ1v) is 15.9. The van der Waals surface area contributed by atoms with Gasteiger partial charge in [-0.05, 0) is 51.8 Å². The molecule has 0 unspecified atom stereocenters. The van der Waals surface area contributed by atoms with Crippen LogP contribution in [-0.4, -0.2) is 86.5 Å². The van der Waals surface area contributed by atoms with Crippen molar-refractivity contribution in [3.05, 3.63) is 58.9 Å². The summed E-state index contributed by atoms with van der Waals surface area (Å²) in [5.74, 6) is 0.161. The van der Waals surface area contributed by atoms with Crippen LogP contribution in [0.15, 0.2) is 36.4 Å². The fourth-order valence-electron chi connectivity index (χ4n) is 5.73. The topological polar surface area (TPSA) is 114 Å². The predicted molar refractivity (Wildman–Crippen MR) is 169 cm³/mol. The fraction of sp³-hybridized carbons (Fsp3) is 0.500. The van der Waals surface area contributed by atoms with E-state index in [-0.39, 0.29) is 30.4 Å². The summed E-state index contributed by atoms with van der Waals surface area (Å²) >= 11 is 0. The number of aryl methyl sites for hydroxylation is 1. The molecule has 5 rings (SSSR count). The number of amides is 4. The highest BCUT2D eigenvalue weighted by molar-refractivity contribution is 6.21. The summed E-state index contributed by atoms with van der Waals surface area (Å²) in [5, 5.41) is 0. The zero-order chi connectivity index (χ0) is 32.3. The van der Waals surface area contributed by atoms with Crippen molar-refractivity contribution in [2.75, 3.05) is 32.8 Å². The molecule has 11 heteroatoms. The molecule has 0 N–H and O–H groups in total. The van der Waals surface area contributed by atoms with E-state index in [1.165, 1.54) is 4.90 Å². The molecule has 3 heterocycles. The summed E-state index contributed by atoms with van der Waals surface area (Å²) in [6, 6.07) is 10.4. The highest BCUT2D eigenvalue weighted by atomic mass is 16.6. The van der Waals surface area contributed by atoms with Crippen LogP contribution in [0.4, 0.5) is 4.79 Å². The lowest BCUT2D eigenvalue weighted by molar-refractivity contribution is 0.0140. The van der Waals surface area contributed by atoms with Crippen molar-refractivity contribution < 1.29 is 28.7 Å². The molecule has 2 aliphatic heterocycles. The predicted octanol–water partition coefficient (Wildman–Crippen LogP) is 5.50. The van der Waals surface area contributed by atoms with Crippen LogP contribution in [0.5, 0.6) is 5.75 Å². The number of hydrogen-bond acceptors (Lipinski definition) is 7. The average molecular weight is 618 g/mol. The van der Waals surface area contributed by atoms with Crippen molar-refractivity contribution in [3.63, 3.8) is 0 Å². The maximum absolute atomic E-state index is 13.9. The highest BCUT2D eigenvalue weighted by Gasteiger charge is 2.36. The van der Waals surface area contributed by atoms with E-state index < -0.39 is 5.60 Å². The maximum Gasteiger partial charge on any atom is 0.410 e. The van der Waals surface area contributed by atoms with Crippen LogP contribution in [0.3, 0.4) is 0 Å². The Balaban J connectivity index is 1.44.